The fourth-order valence-corrected chi connectivity index (χ4v) is 2.46. The van der Waals surface area contributed by atoms with Gasteiger partial charge in [-0.3, -0.25) is 0 Å². The third-order valence-electron chi connectivity index (χ3n) is 3.72. The molecule has 0 aliphatic rings. The molecule has 1 aromatic rings. The topological polar surface area (TPSA) is 29.5 Å². The van der Waals surface area contributed by atoms with Crippen LogP contribution in [0.4, 0.5) is 8.78 Å². The number of ether oxygens (including phenoxy) is 1. The van der Waals surface area contributed by atoms with Crippen LogP contribution >= 0.6 is 0 Å². The van der Waals surface area contributed by atoms with E-state index in [0.29, 0.717) is 12.5 Å². The van der Waals surface area contributed by atoms with Gasteiger partial charge in [0.25, 0.3) is 0 Å². The molecule has 4 heteroatoms. The van der Waals surface area contributed by atoms with Crippen molar-refractivity contribution in [1.29, 1.82) is 0 Å². The third kappa shape index (κ3) is 6.04. The van der Waals surface area contributed by atoms with Gasteiger partial charge in [0.05, 0.1) is 6.61 Å². The highest BCUT2D eigenvalue weighted by molar-refractivity contribution is 5.33. The van der Waals surface area contributed by atoms with Gasteiger partial charge in [0, 0.05) is 0 Å². The summed E-state index contributed by atoms with van der Waals surface area (Å²) in [6.45, 7) is 6.18. The van der Waals surface area contributed by atoms with Crippen molar-refractivity contribution in [3.05, 3.63) is 36.4 Å². The molecule has 1 N–H and O–H groups in total. The Bertz CT molecular complexity index is 461. The summed E-state index contributed by atoms with van der Waals surface area (Å²) < 4.78 is 32.3. The van der Waals surface area contributed by atoms with Crippen molar-refractivity contribution in [3.8, 4) is 11.5 Å². The van der Waals surface area contributed by atoms with Crippen LogP contribution in [-0.4, -0.2) is 11.7 Å². The fourth-order valence-electron chi connectivity index (χ4n) is 2.46. The molecule has 2 nitrogen and oxygen atoms in total. The molecular weight excluding hydrogens is 286 g/mol. The van der Waals surface area contributed by atoms with Gasteiger partial charge < -0.3 is 9.84 Å². The van der Waals surface area contributed by atoms with E-state index in [1.54, 1.807) is 0 Å². The van der Waals surface area contributed by atoms with E-state index in [4.69, 9.17) is 9.84 Å². The van der Waals surface area contributed by atoms with Crippen LogP contribution in [-0.2, 0) is 0 Å². The van der Waals surface area contributed by atoms with Crippen LogP contribution in [0.25, 0.3) is 0 Å². The molecule has 0 saturated carbocycles. The molecule has 0 aliphatic carbocycles. The van der Waals surface area contributed by atoms with Crippen molar-refractivity contribution in [2.24, 2.45) is 5.92 Å². The Labute approximate surface area is 131 Å². The average Bonchev–Trinajstić information content (AvgIpc) is 2.51. The number of hydrogen-bond acceptors (Lipinski definition) is 2. The normalized spacial score (nSPS) is 12.1. The van der Waals surface area contributed by atoms with Gasteiger partial charge in [0.15, 0.2) is 11.5 Å². The van der Waals surface area contributed by atoms with Gasteiger partial charge >= 0.3 is 0 Å². The maximum atomic E-state index is 13.6. The largest absolute Gasteiger partial charge is 0.505 e. The third-order valence-corrected chi connectivity index (χ3v) is 3.72. The zero-order valence-electron chi connectivity index (χ0n) is 13.3. The van der Waals surface area contributed by atoms with E-state index in [0.717, 1.165) is 51.0 Å². The number of hydrogen-bond donors (Lipinski definition) is 1. The summed E-state index contributed by atoms with van der Waals surface area (Å²) in [6.07, 6.45) is 9.41. The smallest absolute Gasteiger partial charge is 0.204 e. The number of phenols is 1. The zero-order chi connectivity index (χ0) is 16.4. The molecule has 1 atom stereocenters. The molecule has 0 spiro atoms. The van der Waals surface area contributed by atoms with E-state index < -0.39 is 17.4 Å². The lowest BCUT2D eigenvalue weighted by Crippen LogP contribution is -2.13. The first-order chi connectivity index (χ1) is 10.6. The van der Waals surface area contributed by atoms with Gasteiger partial charge in [-0.2, -0.15) is 8.78 Å². The molecule has 1 unspecified atom stereocenters. The van der Waals surface area contributed by atoms with E-state index >= 15 is 0 Å². The molecule has 0 aromatic heterocycles. The summed E-state index contributed by atoms with van der Waals surface area (Å²) in [5.41, 5.74) is 0. The second kappa shape index (κ2) is 10.2. The molecule has 0 amide bonds. The minimum Gasteiger partial charge on any atom is -0.505 e. The van der Waals surface area contributed by atoms with Crippen LogP contribution in [0.15, 0.2) is 24.8 Å². The first-order valence-electron chi connectivity index (χ1n) is 8.00. The molecule has 0 fully saturated rings. The monoisotopic (exact) mass is 312 g/mol. The summed E-state index contributed by atoms with van der Waals surface area (Å²) in [6, 6.07) is 2.37. The fraction of sp³-hybridized carbons (Fsp3) is 0.556. The van der Waals surface area contributed by atoms with Crippen molar-refractivity contribution in [3.63, 3.8) is 0 Å². The van der Waals surface area contributed by atoms with E-state index in [-0.39, 0.29) is 5.75 Å². The molecular formula is C18H26F2O2. The zero-order valence-corrected chi connectivity index (χ0v) is 13.3. The molecule has 0 aliphatic heterocycles. The maximum absolute atomic E-state index is 13.6. The number of halogens is 2. The molecule has 124 valence electrons. The number of unbranched alkanes of at least 4 members (excludes halogenated alkanes) is 3. The van der Waals surface area contributed by atoms with Crippen LogP contribution in [0.1, 0.15) is 51.9 Å². The molecule has 1 aromatic carbocycles. The van der Waals surface area contributed by atoms with Crippen LogP contribution in [0.2, 0.25) is 0 Å². The van der Waals surface area contributed by atoms with Crippen molar-refractivity contribution in [1.82, 2.24) is 0 Å². The van der Waals surface area contributed by atoms with Gasteiger partial charge in [-0.1, -0.05) is 32.3 Å². The van der Waals surface area contributed by atoms with E-state index in [1.165, 1.54) is 6.07 Å². The average molecular weight is 312 g/mol. The standard InChI is InChI=1S/C18H26F2O2/c1-3-5-6-7-8-10-14(9-4-2)13-22-16-12-11-15(21)17(19)18(16)20/h3,11-12,14,21H,1,4-10,13H2,2H3. The summed E-state index contributed by atoms with van der Waals surface area (Å²) in [5, 5.41) is 9.10. The van der Waals surface area contributed by atoms with Crippen LogP contribution < -0.4 is 4.74 Å². The van der Waals surface area contributed by atoms with Crippen molar-refractivity contribution in [2.45, 2.75) is 51.9 Å². The Morgan fingerprint density at radius 3 is 2.64 bits per heavy atom. The second-order valence-electron chi connectivity index (χ2n) is 5.60. The predicted octanol–water partition coefficient (Wildman–Crippen LogP) is 5.60. The van der Waals surface area contributed by atoms with Crippen molar-refractivity contribution >= 4 is 0 Å². The Morgan fingerprint density at radius 2 is 1.95 bits per heavy atom. The van der Waals surface area contributed by atoms with E-state index in [9.17, 15) is 8.78 Å². The SMILES string of the molecule is C=CCCCCCC(CCC)COc1ccc(O)c(F)c1F. The molecule has 0 heterocycles. The second-order valence-corrected chi connectivity index (χ2v) is 5.60. The molecule has 1 rings (SSSR count). The maximum Gasteiger partial charge on any atom is 0.204 e. The minimum absolute atomic E-state index is 0.136. The van der Waals surface area contributed by atoms with Gasteiger partial charge in [-0.25, -0.2) is 0 Å². The van der Waals surface area contributed by atoms with Gasteiger partial charge in [-0.15, -0.1) is 6.58 Å². The minimum atomic E-state index is -1.26. The van der Waals surface area contributed by atoms with E-state index in [1.807, 2.05) is 6.08 Å². The first kappa shape index (κ1) is 18.5. The van der Waals surface area contributed by atoms with Gasteiger partial charge in [0.2, 0.25) is 11.6 Å². The van der Waals surface area contributed by atoms with E-state index in [2.05, 4.69) is 13.5 Å². The van der Waals surface area contributed by atoms with Crippen molar-refractivity contribution < 1.29 is 18.6 Å². The highest BCUT2D eigenvalue weighted by Crippen LogP contribution is 2.27. The Morgan fingerprint density at radius 1 is 1.18 bits per heavy atom. The van der Waals surface area contributed by atoms with Crippen LogP contribution in [0, 0.1) is 17.6 Å². The Balaban J connectivity index is 2.46. The van der Waals surface area contributed by atoms with Crippen molar-refractivity contribution in [2.75, 3.05) is 6.61 Å². The Hall–Kier alpha value is -1.58. The lowest BCUT2D eigenvalue weighted by molar-refractivity contribution is 0.216. The molecule has 0 bridgehead atoms. The lowest BCUT2D eigenvalue weighted by Gasteiger charge is -2.17. The summed E-state index contributed by atoms with van der Waals surface area (Å²) >= 11 is 0. The number of rotatable bonds is 11. The highest BCUT2D eigenvalue weighted by atomic mass is 19.2. The lowest BCUT2D eigenvalue weighted by atomic mass is 9.97. The first-order valence-corrected chi connectivity index (χ1v) is 8.00. The molecule has 22 heavy (non-hydrogen) atoms. The number of phenolic OH excluding ortho intramolecular Hbond substituents is 1. The van der Waals surface area contributed by atoms with Gasteiger partial charge in [0.1, 0.15) is 0 Å². The molecule has 0 radical (unpaired) electrons. The van der Waals surface area contributed by atoms with Gasteiger partial charge in [-0.05, 0) is 43.7 Å². The number of aromatic hydroxyl groups is 1. The van der Waals surface area contributed by atoms with Crippen LogP contribution in [0.5, 0.6) is 11.5 Å². The summed E-state index contributed by atoms with van der Waals surface area (Å²) in [4.78, 5) is 0. The predicted molar refractivity (Wildman–Crippen MR) is 85.2 cm³/mol. The quantitative estimate of drug-likeness (QED) is 0.425. The number of benzene rings is 1. The number of allylic oxidation sites excluding steroid dienone is 1. The molecule has 0 saturated heterocycles. The highest BCUT2D eigenvalue weighted by Gasteiger charge is 2.16. The Kier molecular flexibility index (Phi) is 8.56. The summed E-state index contributed by atoms with van der Waals surface area (Å²) in [7, 11) is 0. The summed E-state index contributed by atoms with van der Waals surface area (Å²) in [5.74, 6) is -2.87. The van der Waals surface area contributed by atoms with Crippen LogP contribution in [0.3, 0.4) is 0 Å².